The number of nitrogens with one attached hydrogen (secondary N) is 1. The van der Waals surface area contributed by atoms with Gasteiger partial charge in [-0.1, -0.05) is 6.42 Å². The molecule has 1 amide bonds. The summed E-state index contributed by atoms with van der Waals surface area (Å²) in [7, 11) is 0. The molecule has 3 heteroatoms. The zero-order valence-electron chi connectivity index (χ0n) is 7.06. The van der Waals surface area contributed by atoms with E-state index in [1.807, 2.05) is 0 Å². The molecule has 2 rings (SSSR count). The van der Waals surface area contributed by atoms with E-state index in [4.69, 9.17) is 0 Å². The molecule has 1 N–H and O–H groups in total. The zero-order chi connectivity index (χ0) is 8.60. The van der Waals surface area contributed by atoms with Crippen LogP contribution in [0.4, 0.5) is 0 Å². The molecule has 2 fully saturated rings. The first-order chi connectivity index (χ1) is 5.73. The second-order valence-electron chi connectivity index (χ2n) is 3.76. The number of carbonyl (C=O) groups is 2. The maximum Gasteiger partial charge on any atom is 0.220 e. The van der Waals surface area contributed by atoms with Crippen LogP contribution in [0.2, 0.25) is 0 Å². The molecule has 2 aliphatic rings. The van der Waals surface area contributed by atoms with Gasteiger partial charge in [0.05, 0.1) is 5.54 Å². The summed E-state index contributed by atoms with van der Waals surface area (Å²) in [6.45, 7) is 0. The third kappa shape index (κ3) is 1.04. The van der Waals surface area contributed by atoms with Gasteiger partial charge in [0.1, 0.15) is 0 Å². The Balaban J connectivity index is 2.18. The van der Waals surface area contributed by atoms with Gasteiger partial charge in [-0.3, -0.25) is 9.59 Å². The van der Waals surface area contributed by atoms with Crippen molar-refractivity contribution in [3.8, 4) is 0 Å². The number of carbonyl (C=O) groups excluding carboxylic acids is 2. The summed E-state index contributed by atoms with van der Waals surface area (Å²) in [4.78, 5) is 22.5. The smallest absolute Gasteiger partial charge is 0.220 e. The molecule has 1 spiro atoms. The van der Waals surface area contributed by atoms with Crippen LogP contribution in [-0.2, 0) is 9.59 Å². The second-order valence-corrected chi connectivity index (χ2v) is 3.76. The summed E-state index contributed by atoms with van der Waals surface area (Å²) >= 11 is 0. The van der Waals surface area contributed by atoms with Gasteiger partial charge in [0.2, 0.25) is 5.91 Å². The monoisotopic (exact) mass is 167 g/mol. The molecule has 0 aromatic rings. The number of rotatable bonds is 0. The number of ketones is 1. The summed E-state index contributed by atoms with van der Waals surface area (Å²) in [5.74, 6) is 0.296. The Morgan fingerprint density at radius 2 is 1.92 bits per heavy atom. The van der Waals surface area contributed by atoms with Gasteiger partial charge in [0.25, 0.3) is 0 Å². The zero-order valence-corrected chi connectivity index (χ0v) is 7.06. The predicted molar refractivity (Wildman–Crippen MR) is 43.6 cm³/mol. The molecule has 0 bridgehead atoms. The summed E-state index contributed by atoms with van der Waals surface area (Å²) in [6, 6.07) is 0. The highest BCUT2D eigenvalue weighted by molar-refractivity contribution is 5.96. The summed E-state index contributed by atoms with van der Waals surface area (Å²) in [5.41, 5.74) is -0.435. The van der Waals surface area contributed by atoms with Gasteiger partial charge < -0.3 is 5.32 Å². The molecule has 66 valence electrons. The van der Waals surface area contributed by atoms with Crippen molar-refractivity contribution in [2.45, 2.75) is 44.1 Å². The maximum absolute atomic E-state index is 11.5. The minimum Gasteiger partial charge on any atom is -0.344 e. The van der Waals surface area contributed by atoms with Crippen molar-refractivity contribution in [2.24, 2.45) is 0 Å². The number of Topliss-reactive ketones (excluding diaryl/α,β-unsaturated/α-hetero) is 1. The Morgan fingerprint density at radius 3 is 2.50 bits per heavy atom. The Kier molecular flexibility index (Phi) is 1.67. The topological polar surface area (TPSA) is 46.2 Å². The lowest BCUT2D eigenvalue weighted by atomic mass is 9.80. The van der Waals surface area contributed by atoms with E-state index in [9.17, 15) is 9.59 Å². The lowest BCUT2D eigenvalue weighted by Gasteiger charge is -2.31. The Bertz CT molecular complexity index is 237. The van der Waals surface area contributed by atoms with Crippen LogP contribution in [0.1, 0.15) is 38.5 Å². The van der Waals surface area contributed by atoms with Gasteiger partial charge in [-0.25, -0.2) is 0 Å². The van der Waals surface area contributed by atoms with E-state index in [1.165, 1.54) is 0 Å². The molecular formula is C9H13NO2. The standard InChI is InChI=1S/C9H13NO2/c11-7-3-1-2-5-9(7)6-4-8(12)10-9/h1-6H2,(H,10,12)/t9-/m0/s1. The third-order valence-corrected chi connectivity index (χ3v) is 2.95. The van der Waals surface area contributed by atoms with Crippen molar-refractivity contribution in [1.29, 1.82) is 0 Å². The summed E-state index contributed by atoms with van der Waals surface area (Å²) < 4.78 is 0. The van der Waals surface area contributed by atoms with Gasteiger partial charge in [-0.15, -0.1) is 0 Å². The Labute approximate surface area is 71.5 Å². The summed E-state index contributed by atoms with van der Waals surface area (Å²) in [5, 5.41) is 2.83. The van der Waals surface area contributed by atoms with E-state index >= 15 is 0 Å². The van der Waals surface area contributed by atoms with E-state index in [0.717, 1.165) is 25.7 Å². The average molecular weight is 167 g/mol. The van der Waals surface area contributed by atoms with Crippen LogP contribution in [0.5, 0.6) is 0 Å². The predicted octanol–water partition coefficient (Wildman–Crippen LogP) is 0.778. The van der Waals surface area contributed by atoms with Crippen LogP contribution in [0.3, 0.4) is 0 Å². The van der Waals surface area contributed by atoms with E-state index in [2.05, 4.69) is 5.32 Å². The van der Waals surface area contributed by atoms with Crippen LogP contribution < -0.4 is 5.32 Å². The fourth-order valence-corrected chi connectivity index (χ4v) is 2.21. The molecule has 1 saturated carbocycles. The van der Waals surface area contributed by atoms with Gasteiger partial charge in [0, 0.05) is 12.8 Å². The van der Waals surface area contributed by atoms with Crippen molar-refractivity contribution in [3.63, 3.8) is 0 Å². The summed E-state index contributed by atoms with van der Waals surface area (Å²) in [6.07, 6.45) is 4.84. The van der Waals surface area contributed by atoms with Crippen LogP contribution >= 0.6 is 0 Å². The molecule has 1 atom stereocenters. The fraction of sp³-hybridized carbons (Fsp3) is 0.778. The maximum atomic E-state index is 11.5. The van der Waals surface area contributed by atoms with E-state index < -0.39 is 5.54 Å². The van der Waals surface area contributed by atoms with Gasteiger partial charge in [-0.05, 0) is 19.3 Å². The SMILES string of the molecule is O=C1CC[C@]2(CCCCC2=O)N1. The third-order valence-electron chi connectivity index (χ3n) is 2.95. The van der Waals surface area contributed by atoms with Crippen LogP contribution in [0.25, 0.3) is 0 Å². The first-order valence-corrected chi connectivity index (χ1v) is 4.57. The van der Waals surface area contributed by atoms with Crippen LogP contribution in [0, 0.1) is 0 Å². The first-order valence-electron chi connectivity index (χ1n) is 4.57. The Hall–Kier alpha value is -0.860. The second kappa shape index (κ2) is 2.57. The largest absolute Gasteiger partial charge is 0.344 e. The van der Waals surface area contributed by atoms with Gasteiger partial charge in [-0.2, -0.15) is 0 Å². The highest BCUT2D eigenvalue weighted by Crippen LogP contribution is 2.32. The number of hydrogen-bond donors (Lipinski definition) is 1. The minimum absolute atomic E-state index is 0.0465. The van der Waals surface area contributed by atoms with Crippen molar-refractivity contribution in [3.05, 3.63) is 0 Å². The molecule has 0 aromatic heterocycles. The van der Waals surface area contributed by atoms with Crippen LogP contribution in [0.15, 0.2) is 0 Å². The number of hydrogen-bond acceptors (Lipinski definition) is 2. The molecule has 0 aromatic carbocycles. The first kappa shape index (κ1) is 7.77. The average Bonchev–Trinajstić information content (AvgIpc) is 2.41. The van der Waals surface area contributed by atoms with Gasteiger partial charge in [0.15, 0.2) is 5.78 Å². The quantitative estimate of drug-likeness (QED) is 0.579. The van der Waals surface area contributed by atoms with Gasteiger partial charge >= 0.3 is 0 Å². The molecule has 1 aliphatic carbocycles. The number of amides is 1. The molecule has 1 saturated heterocycles. The van der Waals surface area contributed by atoms with E-state index in [1.54, 1.807) is 0 Å². The minimum atomic E-state index is -0.435. The molecule has 1 heterocycles. The normalized spacial score (nSPS) is 35.7. The molecule has 0 radical (unpaired) electrons. The fourth-order valence-electron chi connectivity index (χ4n) is 2.21. The molecule has 0 unspecified atom stereocenters. The highest BCUT2D eigenvalue weighted by atomic mass is 16.2. The molecular weight excluding hydrogens is 154 g/mol. The van der Waals surface area contributed by atoms with Crippen LogP contribution in [-0.4, -0.2) is 17.2 Å². The van der Waals surface area contributed by atoms with Crippen molar-refractivity contribution in [2.75, 3.05) is 0 Å². The van der Waals surface area contributed by atoms with E-state index in [-0.39, 0.29) is 11.7 Å². The van der Waals surface area contributed by atoms with E-state index in [0.29, 0.717) is 12.8 Å². The Morgan fingerprint density at radius 1 is 1.08 bits per heavy atom. The lowest BCUT2D eigenvalue weighted by Crippen LogP contribution is -2.50. The lowest BCUT2D eigenvalue weighted by molar-refractivity contribution is -0.129. The molecule has 3 nitrogen and oxygen atoms in total. The molecule has 12 heavy (non-hydrogen) atoms. The van der Waals surface area contributed by atoms with Crippen molar-refractivity contribution in [1.82, 2.24) is 5.32 Å². The molecule has 1 aliphatic heterocycles. The van der Waals surface area contributed by atoms with Crippen molar-refractivity contribution < 1.29 is 9.59 Å². The highest BCUT2D eigenvalue weighted by Gasteiger charge is 2.44. The van der Waals surface area contributed by atoms with Crippen molar-refractivity contribution >= 4 is 11.7 Å².